The molecule has 2 heterocycles. The minimum Gasteiger partial charge on any atom is -0.410 e. The maximum Gasteiger partial charge on any atom is 0.358 e. The smallest absolute Gasteiger partial charge is 0.358 e. The number of sulfonamides is 2. The molecule has 2 saturated heterocycles. The molecule has 2 aliphatic heterocycles. The van der Waals surface area contributed by atoms with Gasteiger partial charge in [-0.1, -0.05) is 49.7 Å². The van der Waals surface area contributed by atoms with Crippen LogP contribution in [0.25, 0.3) is 0 Å². The van der Waals surface area contributed by atoms with E-state index in [1.807, 2.05) is 27.7 Å². The van der Waals surface area contributed by atoms with Crippen molar-refractivity contribution in [1.29, 1.82) is 0 Å². The van der Waals surface area contributed by atoms with Crippen molar-refractivity contribution in [3.05, 3.63) is 58.7 Å². The third-order valence-corrected chi connectivity index (χ3v) is 12.2. The first-order chi connectivity index (χ1) is 20.7. The highest BCUT2D eigenvalue weighted by Crippen LogP contribution is 2.35. The van der Waals surface area contributed by atoms with Crippen LogP contribution in [0.3, 0.4) is 0 Å². The van der Waals surface area contributed by atoms with Crippen molar-refractivity contribution in [2.24, 2.45) is 34.0 Å². The molecule has 0 aromatic heterocycles. The highest BCUT2D eigenvalue weighted by atomic mass is 32.2. The Kier molecular flexibility index (Phi) is 9.39. The van der Waals surface area contributed by atoms with E-state index in [1.165, 1.54) is 45.0 Å². The summed E-state index contributed by atoms with van der Waals surface area (Å²) in [4.78, 5) is 13.7. The van der Waals surface area contributed by atoms with Gasteiger partial charge in [0.05, 0.1) is 9.79 Å². The van der Waals surface area contributed by atoms with Gasteiger partial charge in [-0.25, -0.2) is 21.8 Å². The van der Waals surface area contributed by atoms with Crippen molar-refractivity contribution in [2.45, 2.75) is 50.3 Å². The van der Waals surface area contributed by atoms with Gasteiger partial charge >= 0.3 is 8.25 Å². The molecular formula is C28H37N4O9PS2. The number of rotatable bonds is 7. The number of hydrogen-bond acceptors (Lipinski definition) is 10. The molecule has 1 unspecified atom stereocenters. The lowest BCUT2D eigenvalue weighted by Crippen LogP contribution is -2.42. The summed E-state index contributed by atoms with van der Waals surface area (Å²) in [5, 5.41) is 17.4. The first-order valence-electron chi connectivity index (χ1n) is 14.4. The van der Waals surface area contributed by atoms with Crippen molar-refractivity contribution < 1.29 is 41.2 Å². The molecule has 0 bridgehead atoms. The number of benzene rings is 2. The van der Waals surface area contributed by atoms with Crippen LogP contribution in [0.15, 0.2) is 56.5 Å². The molecule has 0 radical (unpaired) electrons. The first-order valence-corrected chi connectivity index (χ1v) is 18.5. The molecule has 240 valence electrons. The van der Waals surface area contributed by atoms with E-state index < -0.39 is 28.3 Å². The van der Waals surface area contributed by atoms with E-state index in [4.69, 9.17) is 9.88 Å². The van der Waals surface area contributed by atoms with Gasteiger partial charge in [0, 0.05) is 48.4 Å². The average Bonchev–Trinajstić information content (AvgIpc) is 2.95. The number of fused-ring (bicyclic) bond motifs is 2. The van der Waals surface area contributed by atoms with Gasteiger partial charge in [0.2, 0.25) is 20.0 Å². The van der Waals surface area contributed by atoms with Crippen LogP contribution in [0, 0.1) is 23.7 Å². The van der Waals surface area contributed by atoms with E-state index in [0.29, 0.717) is 26.2 Å². The van der Waals surface area contributed by atoms with Gasteiger partial charge < -0.3 is 10.1 Å². The Hall–Kier alpha value is -2.65. The molecule has 0 spiro atoms. The van der Waals surface area contributed by atoms with Crippen LogP contribution in [0.5, 0.6) is 0 Å². The summed E-state index contributed by atoms with van der Waals surface area (Å²) in [6, 6.07) is 8.47. The summed E-state index contributed by atoms with van der Waals surface area (Å²) >= 11 is 0. The van der Waals surface area contributed by atoms with E-state index in [9.17, 15) is 26.6 Å². The molecule has 5 rings (SSSR count). The predicted octanol–water partition coefficient (Wildman–Crippen LogP) is 3.64. The lowest BCUT2D eigenvalue weighted by molar-refractivity contribution is -0.207. The Balaban J connectivity index is 1.64. The molecule has 2 aromatic carbocycles. The van der Waals surface area contributed by atoms with Gasteiger partial charge in [-0.2, -0.15) is 8.61 Å². The van der Waals surface area contributed by atoms with Crippen LogP contribution in [-0.2, 0) is 34.3 Å². The molecule has 2 N–H and O–H groups in total. The second-order valence-electron chi connectivity index (χ2n) is 12.3. The van der Waals surface area contributed by atoms with Crippen molar-refractivity contribution in [2.75, 3.05) is 26.2 Å². The Morgan fingerprint density at radius 1 is 0.727 bits per heavy atom. The lowest BCUT2D eigenvalue weighted by Gasteiger charge is -2.34. The summed E-state index contributed by atoms with van der Waals surface area (Å²) in [7, 11) is -11.5. The highest BCUT2D eigenvalue weighted by molar-refractivity contribution is 7.89. The molecule has 44 heavy (non-hydrogen) atoms. The molecule has 0 saturated carbocycles. The van der Waals surface area contributed by atoms with E-state index in [0.717, 1.165) is 12.8 Å². The number of oxime groups is 2. The zero-order chi connectivity index (χ0) is 32.0. The maximum absolute atomic E-state index is 13.8. The minimum absolute atomic E-state index is 0.0530. The van der Waals surface area contributed by atoms with E-state index in [1.54, 1.807) is 0 Å². The average molecular weight is 669 g/mol. The van der Waals surface area contributed by atoms with Gasteiger partial charge in [0.1, 0.15) is 11.4 Å². The Morgan fingerprint density at radius 2 is 1.14 bits per heavy atom. The largest absolute Gasteiger partial charge is 0.410 e. The number of nitrogens with zero attached hydrogens (tertiary/aromatic N) is 4. The third kappa shape index (κ3) is 6.37. The van der Waals surface area contributed by atoms with Crippen molar-refractivity contribution >= 4 is 39.7 Å². The lowest BCUT2D eigenvalue weighted by atomic mass is 9.83. The SMILES string of the molecule is C[C@@H]1C[C@H](C)CN(S(=O)(=O)c2ccc3c(c2)C(=NOO[PH](=O)O)c2cc(S(=O)(=O)N4C[C@H](C)C[C@H](C)C4)ccc2C3=NO)C1. The molecule has 2 fully saturated rings. The first kappa shape index (κ1) is 32.7. The number of piperidine rings is 2. The van der Waals surface area contributed by atoms with Crippen LogP contribution in [0.2, 0.25) is 0 Å². The zero-order valence-corrected chi connectivity index (χ0v) is 27.5. The molecule has 16 heteroatoms. The van der Waals surface area contributed by atoms with Gasteiger partial charge in [0.15, 0.2) is 0 Å². The maximum atomic E-state index is 13.8. The summed E-state index contributed by atoms with van der Waals surface area (Å²) in [6.45, 7) is 9.41. The topological polar surface area (TPSA) is 175 Å². The molecule has 13 nitrogen and oxygen atoms in total. The fourth-order valence-corrected chi connectivity index (χ4v) is 10.2. The van der Waals surface area contributed by atoms with Crippen LogP contribution in [0.1, 0.15) is 62.8 Å². The van der Waals surface area contributed by atoms with Crippen LogP contribution >= 0.6 is 8.25 Å². The van der Waals surface area contributed by atoms with E-state index in [-0.39, 0.29) is 67.1 Å². The summed E-state index contributed by atoms with van der Waals surface area (Å²) in [5.74, 6) is 0.673. The quantitative estimate of drug-likeness (QED) is 0.165. The summed E-state index contributed by atoms with van der Waals surface area (Å²) in [5.41, 5.74) is 0.834. The predicted molar refractivity (Wildman–Crippen MR) is 163 cm³/mol. The normalized spacial score (nSPS) is 25.6. The Bertz CT molecular complexity index is 1620. The van der Waals surface area contributed by atoms with Crippen LogP contribution in [0.4, 0.5) is 0 Å². The van der Waals surface area contributed by atoms with Gasteiger partial charge in [-0.15, -0.1) is 0 Å². The Labute approximate surface area is 258 Å². The van der Waals surface area contributed by atoms with Crippen LogP contribution in [-0.4, -0.2) is 73.1 Å². The second-order valence-corrected chi connectivity index (χ2v) is 16.8. The van der Waals surface area contributed by atoms with E-state index in [2.05, 4.69) is 15.0 Å². The molecule has 3 aliphatic rings. The van der Waals surface area contributed by atoms with E-state index >= 15 is 0 Å². The van der Waals surface area contributed by atoms with Gasteiger partial charge in [0.25, 0.3) is 0 Å². The van der Waals surface area contributed by atoms with Gasteiger partial charge in [-0.05, 0) is 65.9 Å². The van der Waals surface area contributed by atoms with Crippen molar-refractivity contribution in [3.63, 3.8) is 0 Å². The highest BCUT2D eigenvalue weighted by Gasteiger charge is 2.37. The molecule has 2 aromatic rings. The standard InChI is InChI=1S/C28H37N4O9PS2/c1-17-9-18(2)14-31(13-17)43(36,37)21-5-7-23-25(11-21)28(30-40-41-42(34)35)26-12-22(6-8-24(26)27(23)29-33)44(38,39)32-15-19(3)10-20(4)16-32/h5-8,11-12,17-20,33,42H,9-10,13-16H2,1-4H3,(H,34,35)/t17-,18+,19-,20+. The Morgan fingerprint density at radius 3 is 1.50 bits per heavy atom. The molecule has 0 amide bonds. The molecule has 5 atom stereocenters. The monoisotopic (exact) mass is 668 g/mol. The van der Waals surface area contributed by atoms with Crippen molar-refractivity contribution in [1.82, 2.24) is 8.61 Å². The fourth-order valence-electron chi connectivity index (χ4n) is 6.66. The summed E-state index contributed by atoms with van der Waals surface area (Å²) in [6.07, 6.45) is 1.82. The zero-order valence-electron chi connectivity index (χ0n) is 24.9. The third-order valence-electron chi connectivity index (χ3n) is 8.29. The fraction of sp³-hybridized carbons (Fsp3) is 0.500. The van der Waals surface area contributed by atoms with Crippen molar-refractivity contribution in [3.8, 4) is 0 Å². The summed E-state index contributed by atoms with van der Waals surface area (Å²) < 4.78 is 73.5. The van der Waals surface area contributed by atoms with Crippen LogP contribution < -0.4 is 0 Å². The molecule has 1 aliphatic carbocycles. The van der Waals surface area contributed by atoms with Gasteiger partial charge in [-0.3, -0.25) is 4.57 Å². The molecular weight excluding hydrogens is 631 g/mol. The minimum atomic E-state index is -3.96. The second kappa shape index (κ2) is 12.6. The number of hydrogen-bond donors (Lipinski definition) is 2.